The monoisotopic (exact) mass is 345 g/mol. The van der Waals surface area contributed by atoms with Crippen LogP contribution in [0.5, 0.6) is 0 Å². The molecule has 0 saturated carbocycles. The van der Waals surface area contributed by atoms with Crippen molar-refractivity contribution in [1.29, 1.82) is 0 Å². The number of nitrogens with one attached hydrogen (secondary N) is 1. The number of fused-ring (bicyclic) bond motifs is 1. The highest BCUT2D eigenvalue weighted by molar-refractivity contribution is 7.94. The highest BCUT2D eigenvalue weighted by Crippen LogP contribution is 2.41. The van der Waals surface area contributed by atoms with Crippen LogP contribution < -0.4 is 5.32 Å². The molecular formula is C11H5F6NO3S. The second-order valence-electron chi connectivity index (χ2n) is 3.81. The summed E-state index contributed by atoms with van der Waals surface area (Å²) < 4.78 is 86.0. The summed E-state index contributed by atoms with van der Waals surface area (Å²) in [5, 5.41) is 11.0. The van der Waals surface area contributed by atoms with Gasteiger partial charge in [0.15, 0.2) is 34.9 Å². The van der Waals surface area contributed by atoms with Crippen LogP contribution in [0.15, 0.2) is 4.90 Å². The largest absolute Gasteiger partial charge is 0.385 e. The van der Waals surface area contributed by atoms with Gasteiger partial charge in [0.25, 0.3) is 0 Å². The molecule has 0 aliphatic carbocycles. The SMILES string of the molecule is CNc1c(F)c(F)c(F)c2c(SOOO)c(F)c(F)c(F)c12. The van der Waals surface area contributed by atoms with Gasteiger partial charge >= 0.3 is 0 Å². The van der Waals surface area contributed by atoms with Gasteiger partial charge in [-0.15, -0.1) is 4.33 Å². The maximum Gasteiger partial charge on any atom is 0.197 e. The summed E-state index contributed by atoms with van der Waals surface area (Å²) in [4.78, 5) is -1.09. The molecule has 0 fully saturated rings. The van der Waals surface area contributed by atoms with Gasteiger partial charge in [0, 0.05) is 12.4 Å². The average Bonchev–Trinajstić information content (AvgIpc) is 2.51. The summed E-state index contributed by atoms with van der Waals surface area (Å²) >= 11 is -0.263. The molecule has 0 radical (unpaired) electrons. The summed E-state index contributed by atoms with van der Waals surface area (Å²) in [5.41, 5.74) is -0.919. The third-order valence-electron chi connectivity index (χ3n) is 2.75. The van der Waals surface area contributed by atoms with Crippen molar-refractivity contribution < 1.29 is 41.0 Å². The first-order chi connectivity index (χ1) is 10.4. The van der Waals surface area contributed by atoms with Gasteiger partial charge in [-0.25, -0.2) is 31.6 Å². The smallest absolute Gasteiger partial charge is 0.197 e. The molecular weight excluding hydrogens is 340 g/mol. The lowest BCUT2D eigenvalue weighted by Gasteiger charge is -2.14. The summed E-state index contributed by atoms with van der Waals surface area (Å²) in [6.45, 7) is 0. The van der Waals surface area contributed by atoms with E-state index in [0.717, 1.165) is 7.05 Å². The Morgan fingerprint density at radius 3 is 1.91 bits per heavy atom. The van der Waals surface area contributed by atoms with Crippen LogP contribution in [-0.4, -0.2) is 12.3 Å². The lowest BCUT2D eigenvalue weighted by molar-refractivity contribution is -0.432. The molecule has 22 heavy (non-hydrogen) atoms. The van der Waals surface area contributed by atoms with Crippen molar-refractivity contribution in [3.05, 3.63) is 34.9 Å². The van der Waals surface area contributed by atoms with Gasteiger partial charge in [0.2, 0.25) is 0 Å². The Morgan fingerprint density at radius 1 is 0.818 bits per heavy atom. The van der Waals surface area contributed by atoms with Crippen molar-refractivity contribution in [2.24, 2.45) is 0 Å². The second-order valence-corrected chi connectivity index (χ2v) is 4.52. The molecule has 0 bridgehead atoms. The van der Waals surface area contributed by atoms with Crippen molar-refractivity contribution in [2.75, 3.05) is 12.4 Å². The molecule has 0 saturated heterocycles. The Hall–Kier alpha value is -1.69. The molecule has 4 nitrogen and oxygen atoms in total. The number of hydrogen-bond donors (Lipinski definition) is 2. The highest BCUT2D eigenvalue weighted by atomic mass is 32.2. The number of benzene rings is 2. The first kappa shape index (κ1) is 16.7. The Bertz CT molecular complexity index is 757. The van der Waals surface area contributed by atoms with Crippen LogP contribution in [0.1, 0.15) is 0 Å². The Morgan fingerprint density at radius 2 is 1.36 bits per heavy atom. The van der Waals surface area contributed by atoms with Gasteiger partial charge in [-0.2, -0.15) is 0 Å². The molecule has 120 valence electrons. The number of anilines is 1. The molecule has 0 heterocycles. The standard InChI is InChI=1S/C11H5F6NO3S/c1-18-10-2-3(5(13)6(14)8(10)16)11(22-21-20-19)9(17)7(15)4(2)12/h18-19H,1H3. The molecule has 2 aromatic carbocycles. The van der Waals surface area contributed by atoms with Crippen molar-refractivity contribution in [3.8, 4) is 0 Å². The van der Waals surface area contributed by atoms with E-state index in [1.807, 2.05) is 5.32 Å². The van der Waals surface area contributed by atoms with Crippen LogP contribution >= 0.6 is 12.0 Å². The zero-order chi connectivity index (χ0) is 16.6. The molecule has 0 atom stereocenters. The van der Waals surface area contributed by atoms with Gasteiger partial charge in [-0.1, -0.05) is 5.04 Å². The minimum absolute atomic E-state index is 0.263. The summed E-state index contributed by atoms with van der Waals surface area (Å²) in [5.74, 6) is -11.7. The van der Waals surface area contributed by atoms with Crippen molar-refractivity contribution >= 4 is 28.5 Å². The minimum Gasteiger partial charge on any atom is -0.385 e. The normalized spacial score (nSPS) is 11.3. The predicted molar refractivity (Wildman–Crippen MR) is 63.9 cm³/mol. The zero-order valence-corrected chi connectivity index (χ0v) is 11.3. The van der Waals surface area contributed by atoms with E-state index in [4.69, 9.17) is 5.26 Å². The van der Waals surface area contributed by atoms with E-state index in [2.05, 4.69) is 9.37 Å². The lowest BCUT2D eigenvalue weighted by Crippen LogP contribution is -2.07. The van der Waals surface area contributed by atoms with E-state index in [1.165, 1.54) is 0 Å². The Kier molecular flexibility index (Phi) is 4.70. The van der Waals surface area contributed by atoms with E-state index >= 15 is 0 Å². The second kappa shape index (κ2) is 6.20. The molecule has 2 aromatic rings. The molecule has 0 spiro atoms. The average molecular weight is 345 g/mol. The Balaban J connectivity index is 3.04. The van der Waals surface area contributed by atoms with Crippen LogP contribution in [0.4, 0.5) is 32.0 Å². The summed E-state index contributed by atoms with van der Waals surface area (Å²) in [6, 6.07) is 0. The molecule has 2 rings (SSSR count). The zero-order valence-electron chi connectivity index (χ0n) is 10.4. The molecule has 0 unspecified atom stereocenters. The van der Waals surface area contributed by atoms with Crippen molar-refractivity contribution in [3.63, 3.8) is 0 Å². The van der Waals surface area contributed by atoms with Crippen LogP contribution in [0.25, 0.3) is 10.8 Å². The topological polar surface area (TPSA) is 50.7 Å². The minimum atomic E-state index is -2.07. The quantitative estimate of drug-likeness (QED) is 0.287. The van der Waals surface area contributed by atoms with Crippen LogP contribution in [0.2, 0.25) is 0 Å². The van der Waals surface area contributed by atoms with Crippen LogP contribution in [0, 0.1) is 34.9 Å². The molecule has 2 N–H and O–H groups in total. The van der Waals surface area contributed by atoms with E-state index in [-0.39, 0.29) is 12.0 Å². The lowest BCUT2D eigenvalue weighted by atomic mass is 10.1. The maximum atomic E-state index is 13.9. The summed E-state index contributed by atoms with van der Waals surface area (Å²) in [6.07, 6.45) is 0. The van der Waals surface area contributed by atoms with E-state index in [9.17, 15) is 26.3 Å². The third-order valence-corrected chi connectivity index (χ3v) is 3.43. The van der Waals surface area contributed by atoms with Gasteiger partial charge in [0.05, 0.1) is 28.0 Å². The molecule has 11 heteroatoms. The van der Waals surface area contributed by atoms with Crippen molar-refractivity contribution in [2.45, 2.75) is 4.90 Å². The van der Waals surface area contributed by atoms with E-state index in [1.54, 1.807) is 0 Å². The molecule has 0 aromatic heterocycles. The number of rotatable bonds is 4. The molecule has 0 aliphatic heterocycles. The van der Waals surface area contributed by atoms with E-state index < -0.39 is 56.3 Å². The molecule has 0 amide bonds. The van der Waals surface area contributed by atoms with Crippen LogP contribution in [0.3, 0.4) is 0 Å². The highest BCUT2D eigenvalue weighted by Gasteiger charge is 2.30. The fraction of sp³-hybridized carbons (Fsp3) is 0.0909. The number of halogens is 6. The fourth-order valence-electron chi connectivity index (χ4n) is 1.87. The number of hydrogen-bond acceptors (Lipinski definition) is 5. The van der Waals surface area contributed by atoms with Gasteiger partial charge in [-0.05, 0) is 0 Å². The fourth-order valence-corrected chi connectivity index (χ4v) is 2.41. The Labute approximate surface area is 122 Å². The van der Waals surface area contributed by atoms with E-state index in [0.29, 0.717) is 0 Å². The first-order valence-electron chi connectivity index (χ1n) is 5.35. The van der Waals surface area contributed by atoms with Gasteiger partial charge in [0.1, 0.15) is 0 Å². The molecule has 0 aliphatic rings. The van der Waals surface area contributed by atoms with Crippen LogP contribution in [-0.2, 0) is 9.37 Å². The van der Waals surface area contributed by atoms with Gasteiger partial charge < -0.3 is 5.32 Å². The predicted octanol–water partition coefficient (Wildman–Crippen LogP) is 4.14. The maximum absolute atomic E-state index is 13.9. The first-order valence-corrected chi connectivity index (χ1v) is 6.10. The van der Waals surface area contributed by atoms with Crippen molar-refractivity contribution in [1.82, 2.24) is 0 Å². The third kappa shape index (κ3) is 2.35. The van der Waals surface area contributed by atoms with Gasteiger partial charge in [-0.3, -0.25) is 0 Å². The summed E-state index contributed by atoms with van der Waals surface area (Å²) in [7, 11) is 1.04.